The summed E-state index contributed by atoms with van der Waals surface area (Å²) in [6.45, 7) is 3.74. The van der Waals surface area contributed by atoms with Crippen molar-refractivity contribution >= 4 is 0 Å². The standard InChI is InChI=1S/C12H23NO3/c14-7-4-11-3-1-2-6-13(11)9-12-5-8-15-10-16-12/h11-12,14H,1-10H2. The zero-order valence-corrected chi connectivity index (χ0v) is 9.94. The molecular weight excluding hydrogens is 206 g/mol. The van der Waals surface area contributed by atoms with Gasteiger partial charge in [0.25, 0.3) is 0 Å². The lowest BCUT2D eigenvalue weighted by molar-refractivity contribution is -0.147. The van der Waals surface area contributed by atoms with E-state index in [0.29, 0.717) is 25.5 Å². The molecule has 1 N–H and O–H groups in total. The monoisotopic (exact) mass is 229 g/mol. The summed E-state index contributed by atoms with van der Waals surface area (Å²) >= 11 is 0. The molecule has 2 atom stereocenters. The number of ether oxygens (including phenoxy) is 2. The van der Waals surface area contributed by atoms with E-state index in [4.69, 9.17) is 14.6 Å². The molecule has 2 heterocycles. The zero-order chi connectivity index (χ0) is 11.2. The Morgan fingerprint density at radius 3 is 2.94 bits per heavy atom. The van der Waals surface area contributed by atoms with Crippen LogP contribution in [0.5, 0.6) is 0 Å². The van der Waals surface area contributed by atoms with Crippen LogP contribution in [0.2, 0.25) is 0 Å². The van der Waals surface area contributed by atoms with Crippen molar-refractivity contribution in [3.8, 4) is 0 Å². The molecule has 0 aliphatic carbocycles. The summed E-state index contributed by atoms with van der Waals surface area (Å²) in [5.41, 5.74) is 0. The first-order valence-corrected chi connectivity index (χ1v) is 6.44. The van der Waals surface area contributed by atoms with E-state index in [-0.39, 0.29) is 0 Å². The molecule has 0 radical (unpaired) electrons. The Bertz CT molecular complexity index is 193. The van der Waals surface area contributed by atoms with Gasteiger partial charge in [0.2, 0.25) is 0 Å². The fourth-order valence-corrected chi connectivity index (χ4v) is 2.68. The van der Waals surface area contributed by atoms with Crippen LogP contribution in [0.4, 0.5) is 0 Å². The van der Waals surface area contributed by atoms with E-state index < -0.39 is 0 Å². The van der Waals surface area contributed by atoms with Gasteiger partial charge in [0, 0.05) is 19.2 Å². The summed E-state index contributed by atoms with van der Waals surface area (Å²) in [5, 5.41) is 9.06. The Labute approximate surface area is 97.5 Å². The molecule has 2 rings (SSSR count). The second kappa shape index (κ2) is 6.55. The third kappa shape index (κ3) is 3.42. The van der Waals surface area contributed by atoms with Crippen LogP contribution >= 0.6 is 0 Å². The van der Waals surface area contributed by atoms with Gasteiger partial charge >= 0.3 is 0 Å². The first-order chi connectivity index (χ1) is 7.90. The maximum Gasteiger partial charge on any atom is 0.147 e. The van der Waals surface area contributed by atoms with Crippen molar-refractivity contribution in [2.45, 2.75) is 44.2 Å². The summed E-state index contributed by atoms with van der Waals surface area (Å²) < 4.78 is 10.8. The van der Waals surface area contributed by atoms with E-state index in [9.17, 15) is 0 Å². The highest BCUT2D eigenvalue weighted by molar-refractivity contribution is 4.79. The number of aliphatic hydroxyl groups excluding tert-OH is 1. The van der Waals surface area contributed by atoms with E-state index in [1.165, 1.54) is 19.3 Å². The molecule has 16 heavy (non-hydrogen) atoms. The lowest BCUT2D eigenvalue weighted by Gasteiger charge is -2.38. The Morgan fingerprint density at radius 1 is 1.25 bits per heavy atom. The molecule has 4 nitrogen and oxygen atoms in total. The molecular formula is C12H23NO3. The first kappa shape index (κ1) is 12.3. The van der Waals surface area contributed by atoms with Crippen LogP contribution in [-0.4, -0.2) is 55.2 Å². The number of hydrogen-bond donors (Lipinski definition) is 1. The molecule has 4 heteroatoms. The molecule has 0 saturated carbocycles. The number of aliphatic hydroxyl groups is 1. The molecule has 2 fully saturated rings. The maximum atomic E-state index is 9.06. The molecule has 2 saturated heterocycles. The molecule has 94 valence electrons. The fraction of sp³-hybridized carbons (Fsp3) is 1.00. The van der Waals surface area contributed by atoms with Gasteiger partial charge in [-0.05, 0) is 32.2 Å². The van der Waals surface area contributed by atoms with Gasteiger partial charge in [0.1, 0.15) is 6.79 Å². The minimum absolute atomic E-state index is 0.301. The van der Waals surface area contributed by atoms with E-state index in [0.717, 1.165) is 32.5 Å². The van der Waals surface area contributed by atoms with Gasteiger partial charge in [-0.2, -0.15) is 0 Å². The van der Waals surface area contributed by atoms with Crippen molar-refractivity contribution in [3.05, 3.63) is 0 Å². The summed E-state index contributed by atoms with van der Waals surface area (Å²) in [5.74, 6) is 0. The highest BCUT2D eigenvalue weighted by Crippen LogP contribution is 2.21. The minimum atomic E-state index is 0.301. The topological polar surface area (TPSA) is 41.9 Å². The SMILES string of the molecule is OCCC1CCCCN1CC1CCOCO1. The van der Waals surface area contributed by atoms with Crippen LogP contribution in [-0.2, 0) is 9.47 Å². The third-order valence-electron chi connectivity index (χ3n) is 3.62. The Morgan fingerprint density at radius 2 is 2.19 bits per heavy atom. The molecule has 0 aromatic heterocycles. The number of piperidine rings is 1. The van der Waals surface area contributed by atoms with Crippen molar-refractivity contribution in [2.24, 2.45) is 0 Å². The van der Waals surface area contributed by atoms with Crippen LogP contribution < -0.4 is 0 Å². The van der Waals surface area contributed by atoms with Crippen LogP contribution in [0.1, 0.15) is 32.1 Å². The van der Waals surface area contributed by atoms with Crippen molar-refractivity contribution in [1.82, 2.24) is 4.90 Å². The minimum Gasteiger partial charge on any atom is -0.396 e. The zero-order valence-electron chi connectivity index (χ0n) is 9.94. The fourth-order valence-electron chi connectivity index (χ4n) is 2.68. The number of hydrogen-bond acceptors (Lipinski definition) is 4. The molecule has 0 aromatic rings. The van der Waals surface area contributed by atoms with Crippen molar-refractivity contribution < 1.29 is 14.6 Å². The lowest BCUT2D eigenvalue weighted by Crippen LogP contribution is -2.45. The Kier molecular flexibility index (Phi) is 5.03. The van der Waals surface area contributed by atoms with Gasteiger partial charge < -0.3 is 14.6 Å². The van der Waals surface area contributed by atoms with Gasteiger partial charge in [-0.3, -0.25) is 4.90 Å². The Hall–Kier alpha value is -0.160. The summed E-state index contributed by atoms with van der Waals surface area (Å²) in [4.78, 5) is 2.50. The van der Waals surface area contributed by atoms with Gasteiger partial charge in [-0.15, -0.1) is 0 Å². The van der Waals surface area contributed by atoms with Crippen molar-refractivity contribution in [1.29, 1.82) is 0 Å². The van der Waals surface area contributed by atoms with Crippen molar-refractivity contribution in [3.63, 3.8) is 0 Å². The number of likely N-dealkylation sites (tertiary alicyclic amines) is 1. The first-order valence-electron chi connectivity index (χ1n) is 6.44. The highest BCUT2D eigenvalue weighted by Gasteiger charge is 2.25. The molecule has 2 unspecified atom stereocenters. The summed E-state index contributed by atoms with van der Waals surface area (Å²) in [6, 6.07) is 0.560. The summed E-state index contributed by atoms with van der Waals surface area (Å²) in [7, 11) is 0. The van der Waals surface area contributed by atoms with E-state index in [1.54, 1.807) is 0 Å². The smallest absolute Gasteiger partial charge is 0.147 e. The second-order valence-corrected chi connectivity index (χ2v) is 4.76. The van der Waals surface area contributed by atoms with E-state index in [1.807, 2.05) is 0 Å². The predicted molar refractivity (Wildman–Crippen MR) is 61.2 cm³/mol. The molecule has 0 spiro atoms. The van der Waals surface area contributed by atoms with Crippen LogP contribution in [0, 0.1) is 0 Å². The quantitative estimate of drug-likeness (QED) is 0.780. The van der Waals surface area contributed by atoms with Crippen LogP contribution in [0.25, 0.3) is 0 Å². The third-order valence-corrected chi connectivity index (χ3v) is 3.62. The molecule has 0 bridgehead atoms. The van der Waals surface area contributed by atoms with Gasteiger partial charge in [0.05, 0.1) is 12.7 Å². The Balaban J connectivity index is 1.80. The van der Waals surface area contributed by atoms with Crippen LogP contribution in [0.3, 0.4) is 0 Å². The van der Waals surface area contributed by atoms with Gasteiger partial charge in [-0.1, -0.05) is 6.42 Å². The van der Waals surface area contributed by atoms with Crippen molar-refractivity contribution in [2.75, 3.05) is 33.1 Å². The van der Waals surface area contributed by atoms with Gasteiger partial charge in [-0.25, -0.2) is 0 Å². The number of nitrogens with zero attached hydrogens (tertiary/aromatic N) is 1. The molecule has 2 aliphatic rings. The number of rotatable bonds is 4. The normalized spacial score (nSPS) is 32.8. The lowest BCUT2D eigenvalue weighted by atomic mass is 9.99. The average molecular weight is 229 g/mol. The molecule has 0 amide bonds. The van der Waals surface area contributed by atoms with E-state index >= 15 is 0 Å². The molecule has 2 aliphatic heterocycles. The molecule has 0 aromatic carbocycles. The maximum absolute atomic E-state index is 9.06. The second-order valence-electron chi connectivity index (χ2n) is 4.76. The average Bonchev–Trinajstić information content (AvgIpc) is 2.33. The van der Waals surface area contributed by atoms with E-state index in [2.05, 4.69) is 4.90 Å². The summed E-state index contributed by atoms with van der Waals surface area (Å²) in [6.07, 6.45) is 6.05. The van der Waals surface area contributed by atoms with Crippen LogP contribution in [0.15, 0.2) is 0 Å². The van der Waals surface area contributed by atoms with Gasteiger partial charge in [0.15, 0.2) is 0 Å². The largest absolute Gasteiger partial charge is 0.396 e. The predicted octanol–water partition coefficient (Wildman–Crippen LogP) is 0.986. The highest BCUT2D eigenvalue weighted by atomic mass is 16.7.